The Morgan fingerprint density at radius 1 is 1.23 bits per heavy atom. The Kier molecular flexibility index (Phi) is 6.52. The van der Waals surface area contributed by atoms with Crippen LogP contribution in [0.3, 0.4) is 0 Å². The van der Waals surface area contributed by atoms with Crippen molar-refractivity contribution in [2.45, 2.75) is 38.9 Å². The predicted octanol–water partition coefficient (Wildman–Crippen LogP) is 4.11. The monoisotopic (exact) mass is 317 g/mol. The molecule has 118 valence electrons. The van der Waals surface area contributed by atoms with Crippen LogP contribution >= 0.6 is 11.8 Å². The van der Waals surface area contributed by atoms with Gasteiger partial charge in [0.1, 0.15) is 0 Å². The van der Waals surface area contributed by atoms with Crippen LogP contribution in [0.15, 0.2) is 35.1 Å². The predicted molar refractivity (Wildman–Crippen MR) is 95.0 cm³/mol. The molecule has 5 heteroatoms. The van der Waals surface area contributed by atoms with Crippen molar-refractivity contribution in [3.05, 3.63) is 51.9 Å². The summed E-state index contributed by atoms with van der Waals surface area (Å²) in [6, 6.07) is 9.81. The number of hydrogen-bond acceptors (Lipinski definition) is 4. The number of benzene rings is 1. The summed E-state index contributed by atoms with van der Waals surface area (Å²) in [4.78, 5) is 18.9. The second kappa shape index (κ2) is 8.63. The average Bonchev–Trinajstić information content (AvgIpc) is 2.52. The van der Waals surface area contributed by atoms with Gasteiger partial charge in [0, 0.05) is 23.2 Å². The van der Waals surface area contributed by atoms with E-state index in [2.05, 4.69) is 41.3 Å². The smallest absolute Gasteiger partial charge is 0.252 e. The minimum Gasteiger partial charge on any atom is -0.326 e. The van der Waals surface area contributed by atoms with Gasteiger partial charge in [-0.25, -0.2) is 4.98 Å². The number of aryl methyl sites for hydroxylation is 1. The molecule has 2 rings (SSSR count). The summed E-state index contributed by atoms with van der Waals surface area (Å²) in [7, 11) is 0. The first kappa shape index (κ1) is 16.6. The van der Waals surface area contributed by atoms with Gasteiger partial charge < -0.3 is 5.32 Å². The van der Waals surface area contributed by atoms with E-state index in [1.165, 1.54) is 5.56 Å². The molecule has 1 aromatic heterocycles. The summed E-state index contributed by atoms with van der Waals surface area (Å²) >= 11 is 1.90. The van der Waals surface area contributed by atoms with E-state index < -0.39 is 0 Å². The van der Waals surface area contributed by atoms with E-state index in [0.717, 1.165) is 42.1 Å². The van der Waals surface area contributed by atoms with E-state index >= 15 is 0 Å². The molecule has 0 saturated carbocycles. The maximum absolute atomic E-state index is 11.7. The molecule has 1 aromatic carbocycles. The number of rotatable bonds is 8. The maximum atomic E-state index is 11.7. The number of H-pyrrole nitrogens is 1. The first-order valence-electron chi connectivity index (χ1n) is 7.75. The van der Waals surface area contributed by atoms with E-state index in [4.69, 9.17) is 0 Å². The van der Waals surface area contributed by atoms with Gasteiger partial charge in [-0.05, 0) is 36.3 Å². The molecule has 0 fully saturated rings. The highest BCUT2D eigenvalue weighted by Gasteiger charge is 2.02. The minimum atomic E-state index is -0.112. The molecule has 22 heavy (non-hydrogen) atoms. The molecule has 0 radical (unpaired) electrons. The fraction of sp³-hybridized carbons (Fsp3) is 0.412. The topological polar surface area (TPSA) is 57.8 Å². The maximum Gasteiger partial charge on any atom is 0.252 e. The van der Waals surface area contributed by atoms with E-state index in [0.29, 0.717) is 5.95 Å². The zero-order valence-corrected chi connectivity index (χ0v) is 14.0. The number of aromatic nitrogens is 2. The molecule has 0 aliphatic carbocycles. The van der Waals surface area contributed by atoms with Gasteiger partial charge in [-0.15, -0.1) is 0 Å². The van der Waals surface area contributed by atoms with E-state index in [9.17, 15) is 4.79 Å². The second-order valence-electron chi connectivity index (χ2n) is 5.15. The largest absolute Gasteiger partial charge is 0.326 e. The molecule has 4 nitrogen and oxygen atoms in total. The van der Waals surface area contributed by atoms with Crippen LogP contribution in [-0.2, 0) is 12.2 Å². The Morgan fingerprint density at radius 2 is 2.00 bits per heavy atom. The molecule has 0 amide bonds. The molecule has 0 saturated heterocycles. The lowest BCUT2D eigenvalue weighted by molar-refractivity contribution is 0.772. The van der Waals surface area contributed by atoms with Gasteiger partial charge in [-0.2, -0.15) is 11.8 Å². The normalized spacial score (nSPS) is 10.6. The number of nitrogens with one attached hydrogen (secondary N) is 2. The number of aromatic amines is 1. The molecule has 2 N–H and O–H groups in total. The molecule has 1 heterocycles. The van der Waals surface area contributed by atoms with Crippen LogP contribution in [0.4, 0.5) is 11.6 Å². The lowest BCUT2D eigenvalue weighted by atomic mass is 10.2. The van der Waals surface area contributed by atoms with Gasteiger partial charge in [-0.1, -0.05) is 32.4 Å². The van der Waals surface area contributed by atoms with E-state index in [-0.39, 0.29) is 5.56 Å². The Hall–Kier alpha value is -1.75. The number of hydrogen-bond donors (Lipinski definition) is 2. The van der Waals surface area contributed by atoms with Crippen LogP contribution in [0.25, 0.3) is 0 Å². The van der Waals surface area contributed by atoms with Crippen LogP contribution in [0.1, 0.15) is 37.9 Å². The number of unbranched alkanes of at least 4 members (excludes halogenated alkanes) is 1. The van der Waals surface area contributed by atoms with E-state index in [1.54, 1.807) is 6.07 Å². The van der Waals surface area contributed by atoms with Crippen LogP contribution in [0, 0.1) is 0 Å². The molecule has 0 unspecified atom stereocenters. The third kappa shape index (κ3) is 5.22. The van der Waals surface area contributed by atoms with Gasteiger partial charge in [0.25, 0.3) is 5.56 Å². The molecule has 0 spiro atoms. The SMILES string of the molecule is CCCCc1cc(=O)[nH]c(Nc2ccc(CSCC)cc2)n1. The molecule has 0 aliphatic rings. The Labute approximate surface area is 135 Å². The minimum absolute atomic E-state index is 0.112. The van der Waals surface area contributed by atoms with Crippen molar-refractivity contribution in [3.8, 4) is 0 Å². The highest BCUT2D eigenvalue weighted by Crippen LogP contribution is 2.17. The van der Waals surface area contributed by atoms with Gasteiger partial charge in [0.15, 0.2) is 0 Å². The summed E-state index contributed by atoms with van der Waals surface area (Å²) < 4.78 is 0. The third-order valence-electron chi connectivity index (χ3n) is 3.27. The highest BCUT2D eigenvalue weighted by atomic mass is 32.2. The molecular formula is C17H23N3OS. The Balaban J connectivity index is 2.06. The number of anilines is 2. The fourth-order valence-electron chi connectivity index (χ4n) is 2.09. The first-order valence-corrected chi connectivity index (χ1v) is 8.90. The molecule has 0 bridgehead atoms. The summed E-state index contributed by atoms with van der Waals surface area (Å²) in [6.07, 6.45) is 2.97. The summed E-state index contributed by atoms with van der Waals surface area (Å²) in [5.41, 5.74) is 2.96. The number of thioether (sulfide) groups is 1. The first-order chi connectivity index (χ1) is 10.7. The van der Waals surface area contributed by atoms with Crippen molar-refractivity contribution in [1.82, 2.24) is 9.97 Å². The second-order valence-corrected chi connectivity index (χ2v) is 6.42. The summed E-state index contributed by atoms with van der Waals surface area (Å²) in [6.45, 7) is 4.29. The lowest BCUT2D eigenvalue weighted by Gasteiger charge is -2.08. The quantitative estimate of drug-likeness (QED) is 0.769. The van der Waals surface area contributed by atoms with Crippen molar-refractivity contribution < 1.29 is 0 Å². The zero-order chi connectivity index (χ0) is 15.8. The van der Waals surface area contributed by atoms with Gasteiger partial charge in [-0.3, -0.25) is 9.78 Å². The van der Waals surface area contributed by atoms with Crippen molar-refractivity contribution >= 4 is 23.4 Å². The highest BCUT2D eigenvalue weighted by molar-refractivity contribution is 7.98. The van der Waals surface area contributed by atoms with E-state index in [1.807, 2.05) is 23.9 Å². The standard InChI is InChI=1S/C17H23N3OS/c1-3-5-6-15-11-16(21)20-17(19-15)18-14-9-7-13(8-10-14)12-22-4-2/h7-11H,3-6,12H2,1-2H3,(H2,18,19,20,21). The van der Waals surface area contributed by atoms with Crippen molar-refractivity contribution in [2.75, 3.05) is 11.1 Å². The molecule has 2 aromatic rings. The number of nitrogens with zero attached hydrogens (tertiary/aromatic N) is 1. The Morgan fingerprint density at radius 3 is 2.68 bits per heavy atom. The molecule has 0 atom stereocenters. The summed E-state index contributed by atoms with van der Waals surface area (Å²) in [5, 5.41) is 3.17. The van der Waals surface area contributed by atoms with Gasteiger partial charge in [0.05, 0.1) is 0 Å². The van der Waals surface area contributed by atoms with Crippen molar-refractivity contribution in [2.24, 2.45) is 0 Å². The van der Waals surface area contributed by atoms with Crippen LogP contribution < -0.4 is 10.9 Å². The molecular weight excluding hydrogens is 294 g/mol. The third-order valence-corrected chi connectivity index (χ3v) is 4.22. The fourth-order valence-corrected chi connectivity index (χ4v) is 2.73. The van der Waals surface area contributed by atoms with Crippen LogP contribution in [0.5, 0.6) is 0 Å². The zero-order valence-electron chi connectivity index (χ0n) is 13.2. The Bertz CT molecular complexity index is 637. The van der Waals surface area contributed by atoms with Crippen LogP contribution in [-0.4, -0.2) is 15.7 Å². The average molecular weight is 317 g/mol. The van der Waals surface area contributed by atoms with Crippen molar-refractivity contribution in [1.29, 1.82) is 0 Å². The lowest BCUT2D eigenvalue weighted by Crippen LogP contribution is -2.12. The van der Waals surface area contributed by atoms with Gasteiger partial charge in [0.2, 0.25) is 5.95 Å². The van der Waals surface area contributed by atoms with Crippen molar-refractivity contribution in [3.63, 3.8) is 0 Å². The summed E-state index contributed by atoms with van der Waals surface area (Å²) in [5.74, 6) is 2.66. The van der Waals surface area contributed by atoms with Gasteiger partial charge >= 0.3 is 0 Å². The molecule has 0 aliphatic heterocycles. The van der Waals surface area contributed by atoms with Crippen LogP contribution in [0.2, 0.25) is 0 Å².